The SMILES string of the molecule is CN(Cc1ccccc1Br)c1ccnc(CO)c1. The Morgan fingerprint density at radius 3 is 2.78 bits per heavy atom. The van der Waals surface area contributed by atoms with Crippen LogP contribution in [0.1, 0.15) is 11.3 Å². The average Bonchev–Trinajstić information content (AvgIpc) is 2.41. The summed E-state index contributed by atoms with van der Waals surface area (Å²) in [4.78, 5) is 6.20. The molecule has 0 aliphatic rings. The van der Waals surface area contributed by atoms with Crippen LogP contribution in [0, 0.1) is 0 Å². The van der Waals surface area contributed by atoms with Gasteiger partial charge in [-0.1, -0.05) is 34.1 Å². The number of aliphatic hydroxyl groups excluding tert-OH is 1. The molecule has 0 spiro atoms. The molecule has 0 bridgehead atoms. The first-order valence-corrected chi connectivity index (χ1v) is 6.50. The second-order valence-electron chi connectivity index (χ2n) is 4.11. The van der Waals surface area contributed by atoms with Gasteiger partial charge in [0.2, 0.25) is 0 Å². The average molecular weight is 307 g/mol. The summed E-state index contributed by atoms with van der Waals surface area (Å²) in [5.74, 6) is 0. The van der Waals surface area contributed by atoms with E-state index in [0.29, 0.717) is 5.69 Å². The molecular formula is C14H15BrN2O. The molecular weight excluding hydrogens is 292 g/mol. The minimum Gasteiger partial charge on any atom is -0.390 e. The zero-order valence-corrected chi connectivity index (χ0v) is 11.8. The van der Waals surface area contributed by atoms with E-state index in [1.165, 1.54) is 5.56 Å². The van der Waals surface area contributed by atoms with E-state index in [4.69, 9.17) is 5.11 Å². The first-order valence-electron chi connectivity index (χ1n) is 5.71. The van der Waals surface area contributed by atoms with E-state index in [0.717, 1.165) is 16.7 Å². The van der Waals surface area contributed by atoms with Crippen molar-refractivity contribution in [3.8, 4) is 0 Å². The summed E-state index contributed by atoms with van der Waals surface area (Å²) < 4.78 is 1.10. The van der Waals surface area contributed by atoms with Crippen molar-refractivity contribution in [2.24, 2.45) is 0 Å². The van der Waals surface area contributed by atoms with Gasteiger partial charge in [-0.05, 0) is 23.8 Å². The van der Waals surface area contributed by atoms with Gasteiger partial charge >= 0.3 is 0 Å². The van der Waals surface area contributed by atoms with Crippen LogP contribution < -0.4 is 4.90 Å². The molecule has 0 saturated carbocycles. The summed E-state index contributed by atoms with van der Waals surface area (Å²) in [6.45, 7) is 0.771. The molecule has 2 aromatic rings. The van der Waals surface area contributed by atoms with Crippen molar-refractivity contribution >= 4 is 21.6 Å². The number of rotatable bonds is 4. The summed E-state index contributed by atoms with van der Waals surface area (Å²) in [5, 5.41) is 9.09. The molecule has 1 aromatic heterocycles. The van der Waals surface area contributed by atoms with Gasteiger partial charge in [-0.15, -0.1) is 0 Å². The van der Waals surface area contributed by atoms with E-state index in [1.54, 1.807) is 6.20 Å². The summed E-state index contributed by atoms with van der Waals surface area (Å²) >= 11 is 3.55. The van der Waals surface area contributed by atoms with E-state index < -0.39 is 0 Å². The topological polar surface area (TPSA) is 36.4 Å². The fourth-order valence-corrected chi connectivity index (χ4v) is 2.17. The predicted octanol–water partition coefficient (Wildman–Crippen LogP) is 2.97. The Morgan fingerprint density at radius 2 is 2.06 bits per heavy atom. The van der Waals surface area contributed by atoms with Crippen LogP contribution in [-0.4, -0.2) is 17.1 Å². The molecule has 0 aliphatic heterocycles. The lowest BCUT2D eigenvalue weighted by atomic mass is 10.2. The van der Waals surface area contributed by atoms with Crippen molar-refractivity contribution in [1.82, 2.24) is 4.98 Å². The Bertz CT molecular complexity index is 531. The van der Waals surface area contributed by atoms with Gasteiger partial charge in [-0.3, -0.25) is 4.98 Å². The van der Waals surface area contributed by atoms with Crippen molar-refractivity contribution in [2.45, 2.75) is 13.2 Å². The molecule has 0 saturated heterocycles. The van der Waals surface area contributed by atoms with E-state index in [1.807, 2.05) is 37.4 Å². The van der Waals surface area contributed by atoms with Crippen LogP contribution in [0.2, 0.25) is 0 Å². The monoisotopic (exact) mass is 306 g/mol. The van der Waals surface area contributed by atoms with Gasteiger partial charge in [-0.2, -0.15) is 0 Å². The molecule has 1 heterocycles. The lowest BCUT2D eigenvalue weighted by molar-refractivity contribution is 0.277. The Hall–Kier alpha value is -1.39. The van der Waals surface area contributed by atoms with Gasteiger partial charge in [0.15, 0.2) is 0 Å². The molecule has 0 fully saturated rings. The lowest BCUT2D eigenvalue weighted by Crippen LogP contribution is -2.17. The quantitative estimate of drug-likeness (QED) is 0.943. The summed E-state index contributed by atoms with van der Waals surface area (Å²) in [5.41, 5.74) is 2.96. The Balaban J connectivity index is 2.16. The van der Waals surface area contributed by atoms with Gasteiger partial charge in [0.05, 0.1) is 12.3 Å². The van der Waals surface area contributed by atoms with Crippen LogP contribution in [-0.2, 0) is 13.2 Å². The second-order valence-corrected chi connectivity index (χ2v) is 4.97. The number of hydrogen-bond acceptors (Lipinski definition) is 3. The van der Waals surface area contributed by atoms with Crippen LogP contribution in [0.4, 0.5) is 5.69 Å². The summed E-state index contributed by atoms with van der Waals surface area (Å²) in [7, 11) is 2.02. The molecule has 18 heavy (non-hydrogen) atoms. The Morgan fingerprint density at radius 1 is 1.28 bits per heavy atom. The smallest absolute Gasteiger partial charge is 0.0853 e. The van der Waals surface area contributed by atoms with Crippen LogP contribution >= 0.6 is 15.9 Å². The van der Waals surface area contributed by atoms with Crippen molar-refractivity contribution in [2.75, 3.05) is 11.9 Å². The van der Waals surface area contributed by atoms with E-state index >= 15 is 0 Å². The van der Waals surface area contributed by atoms with Crippen molar-refractivity contribution in [3.63, 3.8) is 0 Å². The third-order valence-electron chi connectivity index (χ3n) is 2.77. The largest absolute Gasteiger partial charge is 0.390 e. The van der Waals surface area contributed by atoms with E-state index in [-0.39, 0.29) is 6.61 Å². The highest BCUT2D eigenvalue weighted by molar-refractivity contribution is 9.10. The maximum Gasteiger partial charge on any atom is 0.0853 e. The first kappa shape index (κ1) is 13.1. The fraction of sp³-hybridized carbons (Fsp3) is 0.214. The number of benzene rings is 1. The molecule has 3 nitrogen and oxygen atoms in total. The molecule has 0 amide bonds. The van der Waals surface area contributed by atoms with E-state index in [9.17, 15) is 0 Å². The first-order chi connectivity index (χ1) is 8.70. The molecule has 0 atom stereocenters. The highest BCUT2D eigenvalue weighted by Gasteiger charge is 2.05. The standard InChI is InChI=1S/C14H15BrN2O/c1-17(9-11-4-2-3-5-14(11)15)13-6-7-16-12(8-13)10-18/h2-8,18H,9-10H2,1H3. The van der Waals surface area contributed by atoms with Gasteiger partial charge in [0, 0.05) is 29.9 Å². The molecule has 0 radical (unpaired) electrons. The Kier molecular flexibility index (Phi) is 4.33. The highest BCUT2D eigenvalue weighted by atomic mass is 79.9. The maximum absolute atomic E-state index is 9.09. The van der Waals surface area contributed by atoms with Crippen molar-refractivity contribution < 1.29 is 5.11 Å². The zero-order chi connectivity index (χ0) is 13.0. The van der Waals surface area contributed by atoms with Gasteiger partial charge in [-0.25, -0.2) is 0 Å². The number of nitrogens with zero attached hydrogens (tertiary/aromatic N) is 2. The fourth-order valence-electron chi connectivity index (χ4n) is 1.76. The minimum atomic E-state index is -0.0310. The van der Waals surface area contributed by atoms with Gasteiger partial charge < -0.3 is 10.0 Å². The third kappa shape index (κ3) is 3.09. The maximum atomic E-state index is 9.09. The van der Waals surface area contributed by atoms with Crippen LogP contribution in [0.3, 0.4) is 0 Å². The molecule has 1 N–H and O–H groups in total. The molecule has 2 rings (SSSR count). The minimum absolute atomic E-state index is 0.0310. The highest BCUT2D eigenvalue weighted by Crippen LogP contribution is 2.21. The predicted molar refractivity (Wildman–Crippen MR) is 76.4 cm³/mol. The number of aromatic nitrogens is 1. The number of halogens is 1. The molecule has 4 heteroatoms. The van der Waals surface area contributed by atoms with Crippen molar-refractivity contribution in [3.05, 3.63) is 58.3 Å². The molecule has 0 unspecified atom stereocenters. The summed E-state index contributed by atoms with van der Waals surface area (Å²) in [6.07, 6.45) is 1.72. The third-order valence-corrected chi connectivity index (χ3v) is 3.54. The number of aliphatic hydroxyl groups is 1. The summed E-state index contributed by atoms with van der Waals surface area (Å²) in [6, 6.07) is 12.0. The van der Waals surface area contributed by atoms with Gasteiger partial charge in [0.25, 0.3) is 0 Å². The van der Waals surface area contributed by atoms with E-state index in [2.05, 4.69) is 31.9 Å². The molecule has 0 aliphatic carbocycles. The molecule has 1 aromatic carbocycles. The van der Waals surface area contributed by atoms with Crippen LogP contribution in [0.25, 0.3) is 0 Å². The number of hydrogen-bond donors (Lipinski definition) is 1. The number of anilines is 1. The Labute approximate surface area is 115 Å². The zero-order valence-electron chi connectivity index (χ0n) is 10.2. The normalized spacial score (nSPS) is 10.4. The van der Waals surface area contributed by atoms with Crippen LogP contribution in [0.5, 0.6) is 0 Å². The molecule has 94 valence electrons. The van der Waals surface area contributed by atoms with Crippen LogP contribution in [0.15, 0.2) is 47.1 Å². The number of pyridine rings is 1. The van der Waals surface area contributed by atoms with Crippen molar-refractivity contribution in [1.29, 1.82) is 0 Å². The van der Waals surface area contributed by atoms with Gasteiger partial charge in [0.1, 0.15) is 0 Å². The second kappa shape index (κ2) is 5.98. The lowest BCUT2D eigenvalue weighted by Gasteiger charge is -2.20.